The SMILES string of the molecule is CCOOP(=O)(OOCC)OC(C)=O. The standard InChI is InChI=1S/C6H13O7P/c1-4-9-12-14(8,11-6(3)7)13-10-5-2/h4-5H2,1-3H3. The molecule has 0 saturated heterocycles. The zero-order valence-corrected chi connectivity index (χ0v) is 9.11. The molecule has 0 aromatic heterocycles. The van der Waals surface area contributed by atoms with Gasteiger partial charge in [-0.25, -0.2) is 14.3 Å². The fraction of sp³-hybridized carbons (Fsp3) is 0.833. The van der Waals surface area contributed by atoms with Crippen LogP contribution in [0.4, 0.5) is 0 Å². The normalized spacial score (nSPS) is 11.4. The Kier molecular flexibility index (Phi) is 6.69. The minimum Gasteiger partial charge on any atom is -0.368 e. The Balaban J connectivity index is 4.18. The first-order valence-electron chi connectivity index (χ1n) is 3.96. The molecule has 0 aliphatic heterocycles. The van der Waals surface area contributed by atoms with Gasteiger partial charge in [0, 0.05) is 6.92 Å². The van der Waals surface area contributed by atoms with E-state index in [1.165, 1.54) is 0 Å². The molecule has 0 radical (unpaired) electrons. The van der Waals surface area contributed by atoms with Crippen LogP contribution in [0.15, 0.2) is 0 Å². The third kappa shape index (κ3) is 6.06. The lowest BCUT2D eigenvalue weighted by molar-refractivity contribution is -0.276. The van der Waals surface area contributed by atoms with Crippen LogP contribution in [0.3, 0.4) is 0 Å². The molecule has 0 heterocycles. The van der Waals surface area contributed by atoms with Gasteiger partial charge in [0.25, 0.3) is 0 Å². The highest BCUT2D eigenvalue weighted by Gasteiger charge is 2.33. The summed E-state index contributed by atoms with van der Waals surface area (Å²) in [6, 6.07) is 0. The van der Waals surface area contributed by atoms with Crippen molar-refractivity contribution in [3.63, 3.8) is 0 Å². The van der Waals surface area contributed by atoms with E-state index in [9.17, 15) is 9.36 Å². The molecule has 0 N–H and O–H groups in total. The van der Waals surface area contributed by atoms with Gasteiger partial charge in [-0.15, -0.1) is 9.35 Å². The van der Waals surface area contributed by atoms with E-state index in [1.807, 2.05) is 0 Å². The van der Waals surface area contributed by atoms with Gasteiger partial charge in [0.05, 0.1) is 13.2 Å². The van der Waals surface area contributed by atoms with Crippen LogP contribution < -0.4 is 0 Å². The number of carbonyl (C=O) groups is 1. The maximum atomic E-state index is 11.4. The molecule has 0 bridgehead atoms. The van der Waals surface area contributed by atoms with E-state index in [0.717, 1.165) is 6.92 Å². The van der Waals surface area contributed by atoms with Crippen LogP contribution in [0.5, 0.6) is 0 Å². The smallest absolute Gasteiger partial charge is 0.368 e. The van der Waals surface area contributed by atoms with Crippen molar-refractivity contribution in [2.45, 2.75) is 20.8 Å². The van der Waals surface area contributed by atoms with E-state index in [1.54, 1.807) is 13.8 Å². The molecule has 0 spiro atoms. The third-order valence-electron chi connectivity index (χ3n) is 0.764. The van der Waals surface area contributed by atoms with Gasteiger partial charge in [-0.1, -0.05) is 0 Å². The summed E-state index contributed by atoms with van der Waals surface area (Å²) in [5.41, 5.74) is 0. The van der Waals surface area contributed by atoms with Crippen molar-refractivity contribution in [2.24, 2.45) is 0 Å². The van der Waals surface area contributed by atoms with Gasteiger partial charge in [-0.2, -0.15) is 0 Å². The van der Waals surface area contributed by atoms with Gasteiger partial charge in [0.15, 0.2) is 0 Å². The second kappa shape index (κ2) is 6.92. The van der Waals surface area contributed by atoms with E-state index in [0.29, 0.717) is 0 Å². The van der Waals surface area contributed by atoms with E-state index >= 15 is 0 Å². The average Bonchev–Trinajstić information content (AvgIpc) is 2.11. The van der Waals surface area contributed by atoms with Crippen molar-refractivity contribution < 1.29 is 33.0 Å². The summed E-state index contributed by atoms with van der Waals surface area (Å²) in [4.78, 5) is 19.2. The van der Waals surface area contributed by atoms with Gasteiger partial charge < -0.3 is 4.52 Å². The van der Waals surface area contributed by atoms with E-state index in [-0.39, 0.29) is 13.2 Å². The largest absolute Gasteiger partial charge is 0.587 e. The van der Waals surface area contributed by atoms with Crippen LogP contribution in [0, 0.1) is 0 Å². The first kappa shape index (κ1) is 13.5. The summed E-state index contributed by atoms with van der Waals surface area (Å²) in [5, 5.41) is 0. The van der Waals surface area contributed by atoms with Crippen LogP contribution in [-0.4, -0.2) is 19.2 Å². The van der Waals surface area contributed by atoms with E-state index < -0.39 is 13.8 Å². The highest BCUT2D eigenvalue weighted by atomic mass is 31.2. The fourth-order valence-electron chi connectivity index (χ4n) is 0.435. The second-order valence-corrected chi connectivity index (χ2v) is 3.37. The van der Waals surface area contributed by atoms with Gasteiger partial charge in [0.2, 0.25) is 0 Å². The number of carbonyl (C=O) groups excluding carboxylic acids is 1. The number of phosphoric acid groups is 1. The monoisotopic (exact) mass is 228 g/mol. The van der Waals surface area contributed by atoms with Gasteiger partial charge in [-0.05, 0) is 13.8 Å². The molecule has 0 aliphatic carbocycles. The van der Waals surface area contributed by atoms with Crippen molar-refractivity contribution in [1.29, 1.82) is 0 Å². The quantitative estimate of drug-likeness (QED) is 0.371. The minimum atomic E-state index is -4.10. The number of hydrogen-bond donors (Lipinski definition) is 0. The minimum absolute atomic E-state index is 0.126. The predicted molar refractivity (Wildman–Crippen MR) is 44.8 cm³/mol. The fourth-order valence-corrected chi connectivity index (χ4v) is 1.30. The molecule has 0 saturated carbocycles. The Hall–Kier alpha value is -0.460. The van der Waals surface area contributed by atoms with E-state index in [4.69, 9.17) is 0 Å². The van der Waals surface area contributed by atoms with Gasteiger partial charge in [-0.3, -0.25) is 4.79 Å². The predicted octanol–water partition coefficient (Wildman–Crippen LogP) is 1.59. The first-order valence-corrected chi connectivity index (χ1v) is 5.42. The molecule has 0 aliphatic rings. The molecule has 0 aromatic carbocycles. The molecule has 7 nitrogen and oxygen atoms in total. The Morgan fingerprint density at radius 1 is 1.14 bits per heavy atom. The summed E-state index contributed by atoms with van der Waals surface area (Å²) in [6.07, 6.45) is 0. The highest BCUT2D eigenvalue weighted by Crippen LogP contribution is 2.49. The van der Waals surface area contributed by atoms with Gasteiger partial charge >= 0.3 is 13.8 Å². The van der Waals surface area contributed by atoms with Crippen molar-refractivity contribution in [2.75, 3.05) is 13.2 Å². The Morgan fingerprint density at radius 2 is 1.57 bits per heavy atom. The number of hydrogen-bond acceptors (Lipinski definition) is 7. The third-order valence-corrected chi connectivity index (χ3v) is 1.82. The molecule has 0 rings (SSSR count). The van der Waals surface area contributed by atoms with Crippen LogP contribution in [0.25, 0.3) is 0 Å². The Bertz CT molecular complexity index is 204. The molecule has 0 fully saturated rings. The number of rotatable bonds is 7. The summed E-state index contributed by atoms with van der Waals surface area (Å²) in [7, 11) is -4.10. The lowest BCUT2D eigenvalue weighted by Gasteiger charge is -2.12. The van der Waals surface area contributed by atoms with Crippen molar-refractivity contribution >= 4 is 13.8 Å². The topological polar surface area (TPSA) is 80.3 Å². The molecule has 0 atom stereocenters. The van der Waals surface area contributed by atoms with Crippen LogP contribution in [0.2, 0.25) is 0 Å². The summed E-state index contributed by atoms with van der Waals surface area (Å²) >= 11 is 0. The molecular weight excluding hydrogens is 215 g/mol. The molecule has 14 heavy (non-hydrogen) atoms. The summed E-state index contributed by atoms with van der Waals surface area (Å²) in [5.74, 6) is -0.826. The van der Waals surface area contributed by atoms with Crippen molar-refractivity contribution in [3.8, 4) is 0 Å². The summed E-state index contributed by atoms with van der Waals surface area (Å²) in [6.45, 7) is 4.50. The van der Waals surface area contributed by atoms with Crippen molar-refractivity contribution in [3.05, 3.63) is 0 Å². The van der Waals surface area contributed by atoms with Crippen LogP contribution >= 0.6 is 7.82 Å². The lowest BCUT2D eigenvalue weighted by atomic mass is 10.9. The van der Waals surface area contributed by atoms with E-state index in [2.05, 4.69) is 23.6 Å². The Labute approximate surface area is 81.7 Å². The van der Waals surface area contributed by atoms with Crippen LogP contribution in [0.1, 0.15) is 20.8 Å². The molecule has 0 aromatic rings. The van der Waals surface area contributed by atoms with Gasteiger partial charge in [0.1, 0.15) is 0 Å². The highest BCUT2D eigenvalue weighted by molar-refractivity contribution is 7.48. The summed E-state index contributed by atoms with van der Waals surface area (Å²) < 4.78 is 24.2. The first-order chi connectivity index (χ1) is 6.54. The maximum absolute atomic E-state index is 11.4. The lowest BCUT2D eigenvalue weighted by Crippen LogP contribution is -2.05. The van der Waals surface area contributed by atoms with Crippen LogP contribution in [-0.2, 0) is 33.0 Å². The van der Waals surface area contributed by atoms with Crippen molar-refractivity contribution in [1.82, 2.24) is 0 Å². The molecular formula is C6H13O7P. The average molecular weight is 228 g/mol. The zero-order valence-electron chi connectivity index (χ0n) is 8.22. The molecule has 84 valence electrons. The molecule has 8 heteroatoms. The Morgan fingerprint density at radius 3 is 1.86 bits per heavy atom. The maximum Gasteiger partial charge on any atom is 0.587 e. The molecule has 0 amide bonds. The molecule has 0 unspecified atom stereocenters. The zero-order chi connectivity index (χ0) is 11.0. The second-order valence-electron chi connectivity index (χ2n) is 1.99.